The summed E-state index contributed by atoms with van der Waals surface area (Å²) < 4.78 is 34.7. The average molecular weight is 1140 g/mol. The van der Waals surface area contributed by atoms with Crippen molar-refractivity contribution in [3.63, 3.8) is 0 Å². The van der Waals surface area contributed by atoms with Crippen LogP contribution in [0.2, 0.25) is 0 Å². The van der Waals surface area contributed by atoms with E-state index in [2.05, 4.69) is 158 Å². The maximum Gasteiger partial charge on any atom is 0.335 e. The zero-order chi connectivity index (χ0) is 59.5. The monoisotopic (exact) mass is 1140 g/mol. The molecule has 0 saturated heterocycles. The molecule has 0 aromatic heterocycles. The number of carbonyl (C=O) groups is 2. The number of carbonyl (C=O) groups excluding carboxylic acids is 2. The van der Waals surface area contributed by atoms with Crippen LogP contribution in [0.5, 0.6) is 34.5 Å². The SMILES string of the molecule is C=CC(=O)Oc1ccc(N(c2ccc(C)cc2)c2ccc(OCOc3ccc(CCCc4ccccc4-c4ccccc4CCCc4ccc(OCOc5ccc(N(c6ccc(C)cc6)c6ccc(OC(=O)C=C)cc6)cc5)cc4)cc3)cc2)cc1. The van der Waals surface area contributed by atoms with E-state index < -0.39 is 11.9 Å². The van der Waals surface area contributed by atoms with Crippen LogP contribution in [0, 0.1) is 13.8 Å². The van der Waals surface area contributed by atoms with Crippen LogP contribution in [0.3, 0.4) is 0 Å². The minimum Gasteiger partial charge on any atom is -0.458 e. The van der Waals surface area contributed by atoms with Crippen LogP contribution in [0.1, 0.15) is 46.2 Å². The molecular weight excluding hydrogens is 1070 g/mol. The van der Waals surface area contributed by atoms with Gasteiger partial charge in [0.1, 0.15) is 34.5 Å². The van der Waals surface area contributed by atoms with Gasteiger partial charge in [0.15, 0.2) is 0 Å². The van der Waals surface area contributed by atoms with Crippen molar-refractivity contribution < 1.29 is 38.0 Å². The topological polar surface area (TPSA) is 96.0 Å². The molecule has 0 spiro atoms. The van der Waals surface area contributed by atoms with Gasteiger partial charge in [-0.25, -0.2) is 9.59 Å². The molecule has 0 radical (unpaired) electrons. The number of hydrogen-bond acceptors (Lipinski definition) is 10. The molecule has 86 heavy (non-hydrogen) atoms. The highest BCUT2D eigenvalue weighted by Crippen LogP contribution is 2.39. The molecule has 10 nitrogen and oxygen atoms in total. The van der Waals surface area contributed by atoms with Gasteiger partial charge in [-0.3, -0.25) is 0 Å². The normalized spacial score (nSPS) is 10.8. The van der Waals surface area contributed by atoms with Crippen molar-refractivity contribution >= 4 is 46.1 Å². The summed E-state index contributed by atoms with van der Waals surface area (Å²) in [7, 11) is 0. The van der Waals surface area contributed by atoms with Crippen molar-refractivity contribution in [1.82, 2.24) is 0 Å². The fourth-order valence-corrected chi connectivity index (χ4v) is 10.1. The quantitative estimate of drug-likeness (QED) is 0.0214. The minimum absolute atomic E-state index is 0.0678. The molecule has 0 aliphatic rings. The second kappa shape index (κ2) is 29.1. The minimum atomic E-state index is -0.503. The highest BCUT2D eigenvalue weighted by Gasteiger charge is 2.17. The predicted octanol–water partition coefficient (Wildman–Crippen LogP) is 18.3. The number of benzene rings is 10. The van der Waals surface area contributed by atoms with Gasteiger partial charge < -0.3 is 38.2 Å². The van der Waals surface area contributed by atoms with E-state index in [4.69, 9.17) is 28.4 Å². The first-order chi connectivity index (χ1) is 42.1. The molecule has 0 atom stereocenters. The highest BCUT2D eigenvalue weighted by molar-refractivity contribution is 5.85. The van der Waals surface area contributed by atoms with Crippen molar-refractivity contribution in [2.75, 3.05) is 23.4 Å². The zero-order valence-corrected chi connectivity index (χ0v) is 48.5. The number of nitrogens with zero attached hydrogens (tertiary/aromatic N) is 2. The summed E-state index contributed by atoms with van der Waals surface area (Å²) in [5.41, 5.74) is 15.8. The zero-order valence-electron chi connectivity index (χ0n) is 48.5. The summed E-state index contributed by atoms with van der Waals surface area (Å²) in [6, 6.07) is 81.3. The molecular formula is C76H68N2O8. The Morgan fingerprint density at radius 2 is 0.605 bits per heavy atom. The third-order valence-corrected chi connectivity index (χ3v) is 14.6. The molecule has 430 valence electrons. The Labute approximate surface area is 504 Å². The lowest BCUT2D eigenvalue weighted by molar-refractivity contribution is -0.129. The van der Waals surface area contributed by atoms with Gasteiger partial charge in [-0.15, -0.1) is 0 Å². The van der Waals surface area contributed by atoms with Crippen LogP contribution in [0.15, 0.2) is 268 Å². The van der Waals surface area contributed by atoms with E-state index in [0.717, 1.165) is 107 Å². The molecule has 0 saturated carbocycles. The molecule has 0 N–H and O–H groups in total. The number of rotatable bonds is 27. The molecule has 0 unspecified atom stereocenters. The number of hydrogen-bond donors (Lipinski definition) is 0. The molecule has 0 aliphatic carbocycles. The maximum atomic E-state index is 11.8. The first-order valence-corrected chi connectivity index (χ1v) is 28.8. The summed E-state index contributed by atoms with van der Waals surface area (Å²) in [4.78, 5) is 27.8. The predicted molar refractivity (Wildman–Crippen MR) is 344 cm³/mol. The van der Waals surface area contributed by atoms with Crippen LogP contribution in [0.4, 0.5) is 34.1 Å². The lowest BCUT2D eigenvalue weighted by Crippen LogP contribution is -2.10. The molecule has 10 aromatic rings. The second-order valence-electron chi connectivity index (χ2n) is 20.7. The van der Waals surface area contributed by atoms with Gasteiger partial charge in [-0.1, -0.05) is 121 Å². The molecule has 0 aliphatic heterocycles. The maximum absolute atomic E-state index is 11.8. The second-order valence-corrected chi connectivity index (χ2v) is 20.7. The largest absolute Gasteiger partial charge is 0.458 e. The van der Waals surface area contributed by atoms with Gasteiger partial charge in [0, 0.05) is 46.3 Å². The molecule has 0 heterocycles. The van der Waals surface area contributed by atoms with E-state index in [1.54, 1.807) is 24.3 Å². The summed E-state index contributed by atoms with van der Waals surface area (Å²) >= 11 is 0. The van der Waals surface area contributed by atoms with Gasteiger partial charge in [-0.2, -0.15) is 0 Å². The van der Waals surface area contributed by atoms with Gasteiger partial charge in [0.25, 0.3) is 0 Å². The number of aryl methyl sites for hydroxylation is 6. The van der Waals surface area contributed by atoms with Gasteiger partial charge >= 0.3 is 11.9 Å². The lowest BCUT2D eigenvalue weighted by Gasteiger charge is -2.26. The van der Waals surface area contributed by atoms with E-state index >= 15 is 0 Å². The fourth-order valence-electron chi connectivity index (χ4n) is 10.1. The standard InChI is InChI=1S/C76H68N2O8/c1-5-75(79)85-71-49-37-65(38-50-71)77(61-29-21-55(3)22-30-61)63-33-45-69(46-34-63)83-53-81-67-41-25-57(26-42-67)13-11-17-59-15-7-9-19-73(59)74-20-10-8-16-60(74)18-12-14-58-27-43-68(44-28-58)82-54-84-70-47-35-64(36-48-70)78(62-31-23-56(4)24-32-62)66-39-51-72(52-40-66)86-76(80)6-2/h5-10,15-16,19-52H,1-2,11-14,17-18,53-54H2,3-4H3. The molecule has 0 bridgehead atoms. The summed E-state index contributed by atoms with van der Waals surface area (Å²) in [6.45, 7) is 11.2. The van der Waals surface area contributed by atoms with Gasteiger partial charge in [-0.05, 0) is 231 Å². The smallest absolute Gasteiger partial charge is 0.335 e. The number of esters is 2. The van der Waals surface area contributed by atoms with Gasteiger partial charge in [0.05, 0.1) is 0 Å². The van der Waals surface area contributed by atoms with Crippen LogP contribution in [0.25, 0.3) is 11.1 Å². The number of ether oxygens (including phenoxy) is 6. The Kier molecular flexibility index (Phi) is 19.8. The molecule has 10 heteroatoms. The molecule has 0 fully saturated rings. The third kappa shape index (κ3) is 15.9. The van der Waals surface area contributed by atoms with Crippen LogP contribution in [-0.2, 0) is 35.3 Å². The first kappa shape index (κ1) is 58.6. The van der Waals surface area contributed by atoms with E-state index in [9.17, 15) is 9.59 Å². The van der Waals surface area contributed by atoms with Crippen molar-refractivity contribution in [1.29, 1.82) is 0 Å². The summed E-state index contributed by atoms with van der Waals surface area (Å²) in [5.74, 6) is 2.73. The highest BCUT2D eigenvalue weighted by atomic mass is 16.7. The van der Waals surface area contributed by atoms with Crippen molar-refractivity contribution in [2.45, 2.75) is 52.4 Å². The Morgan fingerprint density at radius 1 is 0.337 bits per heavy atom. The summed E-state index contributed by atoms with van der Waals surface area (Å²) in [6.07, 6.45) is 8.14. The van der Waals surface area contributed by atoms with Crippen molar-refractivity contribution in [3.8, 4) is 45.6 Å². The van der Waals surface area contributed by atoms with Crippen LogP contribution in [-0.4, -0.2) is 25.5 Å². The Hall–Kier alpha value is -10.6. The van der Waals surface area contributed by atoms with Gasteiger partial charge in [0.2, 0.25) is 13.6 Å². The van der Waals surface area contributed by atoms with Crippen molar-refractivity contribution in [2.24, 2.45) is 0 Å². The summed E-state index contributed by atoms with van der Waals surface area (Å²) in [5, 5.41) is 0. The fraction of sp³-hybridized carbons (Fsp3) is 0.132. The third-order valence-electron chi connectivity index (χ3n) is 14.6. The van der Waals surface area contributed by atoms with Crippen molar-refractivity contribution in [3.05, 3.63) is 301 Å². The Balaban J connectivity index is 0.664. The van der Waals surface area contributed by atoms with E-state index in [-0.39, 0.29) is 13.6 Å². The van der Waals surface area contributed by atoms with Crippen LogP contribution >= 0.6 is 0 Å². The Morgan fingerprint density at radius 3 is 0.907 bits per heavy atom. The van der Waals surface area contributed by atoms with E-state index in [1.165, 1.54) is 33.4 Å². The number of anilines is 6. The van der Waals surface area contributed by atoms with E-state index in [1.807, 2.05) is 97.1 Å². The molecule has 10 aromatic carbocycles. The van der Waals surface area contributed by atoms with E-state index in [0.29, 0.717) is 23.0 Å². The molecule has 0 amide bonds. The van der Waals surface area contributed by atoms with Crippen LogP contribution < -0.4 is 38.2 Å². The first-order valence-electron chi connectivity index (χ1n) is 28.8. The average Bonchev–Trinajstić information content (AvgIpc) is 3.06. The Bertz CT molecular complexity index is 3570. The lowest BCUT2D eigenvalue weighted by atomic mass is 9.90. The molecule has 10 rings (SSSR count).